The van der Waals surface area contributed by atoms with Crippen LogP contribution in [-0.2, 0) is 10.4 Å². The van der Waals surface area contributed by atoms with Gasteiger partial charge in [-0.05, 0) is 68.2 Å². The summed E-state index contributed by atoms with van der Waals surface area (Å²) in [6.45, 7) is 1.66. The highest BCUT2D eigenvalue weighted by molar-refractivity contribution is 6.35. The summed E-state index contributed by atoms with van der Waals surface area (Å²) in [5.74, 6) is 0.854. The van der Waals surface area contributed by atoms with Crippen LogP contribution in [0.1, 0.15) is 68.5 Å². The quantitative estimate of drug-likeness (QED) is 0.547. The van der Waals surface area contributed by atoms with E-state index in [0.29, 0.717) is 28.5 Å². The fourth-order valence-electron chi connectivity index (χ4n) is 4.31. The van der Waals surface area contributed by atoms with Crippen LogP contribution in [0.15, 0.2) is 42.5 Å². The van der Waals surface area contributed by atoms with Gasteiger partial charge in [0.25, 0.3) is 0 Å². The molecule has 2 fully saturated rings. The summed E-state index contributed by atoms with van der Waals surface area (Å²) < 4.78 is 2.14. The van der Waals surface area contributed by atoms with E-state index in [4.69, 9.17) is 16.6 Å². The molecule has 0 aliphatic heterocycles. The topological polar surface area (TPSA) is 67.2 Å². The second-order valence-corrected chi connectivity index (χ2v) is 9.31. The Balaban J connectivity index is 1.46. The van der Waals surface area contributed by atoms with Gasteiger partial charge in [-0.25, -0.2) is 4.98 Å². The minimum absolute atomic E-state index is 0.0497. The third-order valence-electron chi connectivity index (χ3n) is 6.41. The average Bonchev–Trinajstić information content (AvgIpc) is 3.46. The van der Waals surface area contributed by atoms with Gasteiger partial charge in [-0.15, -0.1) is 0 Å². The van der Waals surface area contributed by atoms with Crippen LogP contribution in [0.2, 0.25) is 5.02 Å². The number of benzene rings is 2. The summed E-state index contributed by atoms with van der Waals surface area (Å²) in [5.41, 5.74) is 2.45. The van der Waals surface area contributed by atoms with Gasteiger partial charge in [-0.3, -0.25) is 10.1 Å². The molecule has 2 saturated carbocycles. The molecule has 1 atom stereocenters. The number of fused-ring (bicyclic) bond motifs is 1. The number of carbonyl (C=O) groups is 1. The molecule has 0 radical (unpaired) electrons. The molecule has 2 N–H and O–H groups in total. The van der Waals surface area contributed by atoms with Crippen LogP contribution in [0.25, 0.3) is 11.0 Å². The lowest BCUT2D eigenvalue weighted by molar-refractivity contribution is -0.120. The van der Waals surface area contributed by atoms with E-state index in [9.17, 15) is 9.90 Å². The Morgan fingerprint density at radius 3 is 2.60 bits per heavy atom. The van der Waals surface area contributed by atoms with Crippen molar-refractivity contribution < 1.29 is 9.90 Å². The van der Waals surface area contributed by atoms with Gasteiger partial charge in [0.1, 0.15) is 5.52 Å². The van der Waals surface area contributed by atoms with Crippen molar-refractivity contribution in [2.45, 2.75) is 63.0 Å². The molecule has 0 saturated heterocycles. The van der Waals surface area contributed by atoms with Crippen molar-refractivity contribution in [2.75, 3.05) is 5.32 Å². The third-order valence-corrected chi connectivity index (χ3v) is 6.70. The summed E-state index contributed by atoms with van der Waals surface area (Å²) in [7, 11) is 0. The fourth-order valence-corrected chi connectivity index (χ4v) is 4.57. The van der Waals surface area contributed by atoms with E-state index in [1.807, 2.05) is 36.4 Å². The summed E-state index contributed by atoms with van der Waals surface area (Å²) in [4.78, 5) is 17.6. The minimum Gasteiger partial charge on any atom is -0.385 e. The molecule has 2 aliphatic rings. The van der Waals surface area contributed by atoms with Crippen LogP contribution in [-0.4, -0.2) is 20.6 Å². The molecule has 0 spiro atoms. The zero-order valence-corrected chi connectivity index (χ0v) is 17.8. The molecule has 6 heteroatoms. The smallest absolute Gasteiger partial charge is 0.229 e. The maximum absolute atomic E-state index is 12.9. The van der Waals surface area contributed by atoms with E-state index < -0.39 is 5.60 Å². The number of carbonyl (C=O) groups excluding carboxylic acids is 1. The van der Waals surface area contributed by atoms with E-state index in [-0.39, 0.29) is 12.3 Å². The first-order valence-electron chi connectivity index (χ1n) is 10.7. The highest BCUT2D eigenvalue weighted by Gasteiger charge is 2.31. The number of hydrogen-bond donors (Lipinski definition) is 2. The van der Waals surface area contributed by atoms with Crippen LogP contribution < -0.4 is 5.32 Å². The number of nitrogens with zero attached hydrogens (tertiary/aromatic N) is 2. The zero-order valence-electron chi connectivity index (χ0n) is 17.1. The number of aromatic nitrogens is 2. The lowest BCUT2D eigenvalue weighted by Crippen LogP contribution is -2.30. The lowest BCUT2D eigenvalue weighted by atomic mass is 9.92. The Labute approximate surface area is 181 Å². The Kier molecular flexibility index (Phi) is 4.83. The molecule has 1 aromatic heterocycles. The highest BCUT2D eigenvalue weighted by Crippen LogP contribution is 2.44. The van der Waals surface area contributed by atoms with Crippen LogP contribution in [0.4, 0.5) is 5.95 Å². The standard InChI is InChI=1S/C24H26ClN3O2/c1-24(30,17-6-3-2-4-7-17)14-21(29)26-23-27-22-19(25)12-16(15-10-11-15)13-20(22)28(23)18-8-5-9-18/h2-4,6-7,12-13,15,18,30H,5,8-11,14H2,1H3,(H,26,27,29)/t24-/m1/s1. The first-order valence-corrected chi connectivity index (χ1v) is 11.1. The molecule has 30 heavy (non-hydrogen) atoms. The second-order valence-electron chi connectivity index (χ2n) is 8.90. The Bertz CT molecular complexity index is 1100. The maximum atomic E-state index is 12.9. The first kappa shape index (κ1) is 19.6. The molecule has 156 valence electrons. The summed E-state index contributed by atoms with van der Waals surface area (Å²) in [6.07, 6.45) is 5.68. The van der Waals surface area contributed by atoms with Gasteiger partial charge in [-0.1, -0.05) is 41.9 Å². The predicted molar refractivity (Wildman–Crippen MR) is 119 cm³/mol. The van der Waals surface area contributed by atoms with Gasteiger partial charge in [0, 0.05) is 6.04 Å². The Morgan fingerprint density at radius 1 is 1.23 bits per heavy atom. The second kappa shape index (κ2) is 7.40. The molecule has 0 unspecified atom stereocenters. The number of aliphatic hydroxyl groups is 1. The van der Waals surface area contributed by atoms with Gasteiger partial charge < -0.3 is 9.67 Å². The van der Waals surface area contributed by atoms with Crippen molar-refractivity contribution in [1.29, 1.82) is 0 Å². The van der Waals surface area contributed by atoms with Gasteiger partial charge in [-0.2, -0.15) is 0 Å². The number of anilines is 1. The Morgan fingerprint density at radius 2 is 1.97 bits per heavy atom. The number of hydrogen-bond acceptors (Lipinski definition) is 3. The minimum atomic E-state index is -1.25. The van der Waals surface area contributed by atoms with Crippen molar-refractivity contribution >= 4 is 34.5 Å². The molecule has 1 amide bonds. The van der Waals surface area contributed by atoms with E-state index in [2.05, 4.69) is 16.0 Å². The molecule has 3 aromatic rings. The van der Waals surface area contributed by atoms with Crippen molar-refractivity contribution in [3.63, 3.8) is 0 Å². The van der Waals surface area contributed by atoms with E-state index in [1.165, 1.54) is 24.8 Å². The predicted octanol–water partition coefficient (Wildman–Crippen LogP) is 5.53. The molecule has 5 rings (SSSR count). The number of imidazole rings is 1. The highest BCUT2D eigenvalue weighted by atomic mass is 35.5. The molecule has 1 heterocycles. The van der Waals surface area contributed by atoms with Crippen molar-refractivity contribution in [3.05, 3.63) is 58.6 Å². The fraction of sp³-hybridized carbons (Fsp3) is 0.417. The van der Waals surface area contributed by atoms with Gasteiger partial charge in [0.2, 0.25) is 11.9 Å². The SMILES string of the molecule is C[C@@](O)(CC(=O)Nc1nc2c(Cl)cc(C3CC3)cc2n1C1CCC1)c1ccccc1. The van der Waals surface area contributed by atoms with Crippen LogP contribution in [0.3, 0.4) is 0 Å². The van der Waals surface area contributed by atoms with E-state index in [0.717, 1.165) is 23.9 Å². The first-order chi connectivity index (χ1) is 14.4. The van der Waals surface area contributed by atoms with Crippen LogP contribution in [0, 0.1) is 0 Å². The van der Waals surface area contributed by atoms with Crippen molar-refractivity contribution in [3.8, 4) is 0 Å². The normalized spacial score (nSPS) is 18.8. The van der Waals surface area contributed by atoms with Crippen molar-refractivity contribution in [2.24, 2.45) is 0 Å². The molecule has 5 nitrogen and oxygen atoms in total. The zero-order chi connectivity index (χ0) is 20.9. The molecule has 2 aliphatic carbocycles. The molecule has 0 bridgehead atoms. The number of nitrogens with one attached hydrogen (secondary N) is 1. The third kappa shape index (κ3) is 3.61. The van der Waals surface area contributed by atoms with E-state index in [1.54, 1.807) is 6.92 Å². The van der Waals surface area contributed by atoms with Gasteiger partial charge in [0.15, 0.2) is 0 Å². The summed E-state index contributed by atoms with van der Waals surface area (Å²) >= 11 is 6.58. The van der Waals surface area contributed by atoms with Crippen LogP contribution in [0.5, 0.6) is 0 Å². The van der Waals surface area contributed by atoms with Crippen LogP contribution >= 0.6 is 11.6 Å². The monoisotopic (exact) mass is 423 g/mol. The van der Waals surface area contributed by atoms with Gasteiger partial charge >= 0.3 is 0 Å². The molecular weight excluding hydrogens is 398 g/mol. The summed E-state index contributed by atoms with van der Waals surface area (Å²) in [5, 5.41) is 14.4. The molecule has 2 aromatic carbocycles. The Hall–Kier alpha value is -2.37. The summed E-state index contributed by atoms with van der Waals surface area (Å²) in [6, 6.07) is 13.8. The number of halogens is 1. The number of rotatable bonds is 6. The van der Waals surface area contributed by atoms with Crippen molar-refractivity contribution in [1.82, 2.24) is 9.55 Å². The molecular formula is C24H26ClN3O2. The lowest BCUT2D eigenvalue weighted by Gasteiger charge is -2.29. The van der Waals surface area contributed by atoms with Gasteiger partial charge in [0.05, 0.1) is 22.6 Å². The maximum Gasteiger partial charge on any atom is 0.229 e. The largest absolute Gasteiger partial charge is 0.385 e. The average molecular weight is 424 g/mol. The van der Waals surface area contributed by atoms with E-state index >= 15 is 0 Å². The number of amides is 1.